The van der Waals surface area contributed by atoms with E-state index >= 15 is 0 Å². The molecule has 25 heavy (non-hydrogen) atoms. The summed E-state index contributed by atoms with van der Waals surface area (Å²) >= 11 is 0. The summed E-state index contributed by atoms with van der Waals surface area (Å²) in [7, 11) is -1.90. The minimum absolute atomic E-state index is 0.0757. The van der Waals surface area contributed by atoms with Gasteiger partial charge in [-0.25, -0.2) is 0 Å². The predicted molar refractivity (Wildman–Crippen MR) is 95.7 cm³/mol. The van der Waals surface area contributed by atoms with Crippen molar-refractivity contribution in [2.45, 2.75) is 51.2 Å². The third-order valence-electron chi connectivity index (χ3n) is 4.77. The van der Waals surface area contributed by atoms with Gasteiger partial charge in [0.25, 0.3) is 10.2 Å². The van der Waals surface area contributed by atoms with Crippen LogP contribution >= 0.6 is 0 Å². The maximum absolute atomic E-state index is 13.3. The first kappa shape index (κ1) is 18.1. The van der Waals surface area contributed by atoms with Gasteiger partial charge in [0, 0.05) is 32.0 Å². The Morgan fingerprint density at radius 3 is 2.60 bits per heavy atom. The van der Waals surface area contributed by atoms with Gasteiger partial charge in [-0.1, -0.05) is 25.3 Å². The Kier molecular flexibility index (Phi) is 5.88. The molecule has 0 radical (unpaired) electrons. The minimum Gasteiger partial charge on any atom is -0.468 e. The van der Waals surface area contributed by atoms with Crippen molar-refractivity contribution >= 4 is 10.2 Å². The van der Waals surface area contributed by atoms with E-state index in [4.69, 9.17) is 4.42 Å². The highest BCUT2D eigenvalue weighted by Crippen LogP contribution is 2.26. The van der Waals surface area contributed by atoms with E-state index in [1.165, 1.54) is 10.7 Å². The van der Waals surface area contributed by atoms with E-state index < -0.39 is 10.2 Å². The topological polar surface area (TPSA) is 66.7 Å². The molecule has 3 rings (SSSR count). The van der Waals surface area contributed by atoms with Crippen LogP contribution in [0.3, 0.4) is 0 Å². The number of hydrogen-bond donors (Lipinski definition) is 0. The van der Waals surface area contributed by atoms with Gasteiger partial charge >= 0.3 is 0 Å². The molecule has 0 N–H and O–H groups in total. The second-order valence-electron chi connectivity index (χ2n) is 6.52. The van der Waals surface area contributed by atoms with Crippen molar-refractivity contribution in [1.29, 1.82) is 0 Å². The molecule has 0 saturated heterocycles. The van der Waals surface area contributed by atoms with E-state index in [0.717, 1.165) is 31.2 Å². The molecular formula is C18H25N3O3S. The molecule has 2 aromatic heterocycles. The SMILES string of the molecule is CN(C1CCCCC1)S(=O)(=O)N(Cc1cccnc1)Cc1ccco1. The monoisotopic (exact) mass is 363 g/mol. The highest BCUT2D eigenvalue weighted by atomic mass is 32.2. The van der Waals surface area contributed by atoms with Crippen LogP contribution in [0.5, 0.6) is 0 Å². The molecule has 1 aliphatic carbocycles. The van der Waals surface area contributed by atoms with Gasteiger partial charge in [-0.15, -0.1) is 0 Å². The number of aromatic nitrogens is 1. The summed E-state index contributed by atoms with van der Waals surface area (Å²) in [6.45, 7) is 0.481. The van der Waals surface area contributed by atoms with Crippen LogP contribution in [0.25, 0.3) is 0 Å². The van der Waals surface area contributed by atoms with E-state index in [1.807, 2.05) is 12.1 Å². The molecule has 2 heterocycles. The van der Waals surface area contributed by atoms with Crippen LogP contribution in [-0.2, 0) is 23.3 Å². The molecule has 0 amide bonds. The standard InChI is InChI=1S/C18H25N3O3S/c1-20(17-8-3-2-4-9-17)25(22,23)21(15-18-10-6-12-24-18)14-16-7-5-11-19-13-16/h5-7,10-13,17H,2-4,8-9,14-15H2,1H3. The lowest BCUT2D eigenvalue weighted by Crippen LogP contribution is -2.46. The fraction of sp³-hybridized carbons (Fsp3) is 0.500. The molecule has 1 saturated carbocycles. The van der Waals surface area contributed by atoms with Crippen LogP contribution in [0.4, 0.5) is 0 Å². The highest BCUT2D eigenvalue weighted by molar-refractivity contribution is 7.86. The second-order valence-corrected chi connectivity index (χ2v) is 8.51. The van der Waals surface area contributed by atoms with Gasteiger partial charge in [-0.3, -0.25) is 4.98 Å². The quantitative estimate of drug-likeness (QED) is 0.758. The summed E-state index contributed by atoms with van der Waals surface area (Å²) in [6, 6.07) is 7.35. The second kappa shape index (κ2) is 8.12. The lowest BCUT2D eigenvalue weighted by atomic mass is 9.96. The first-order valence-electron chi connectivity index (χ1n) is 8.72. The third-order valence-corrected chi connectivity index (χ3v) is 6.71. The van der Waals surface area contributed by atoms with E-state index in [0.29, 0.717) is 5.76 Å². The maximum atomic E-state index is 13.3. The smallest absolute Gasteiger partial charge is 0.282 e. The van der Waals surface area contributed by atoms with Gasteiger partial charge in [-0.2, -0.15) is 17.0 Å². The predicted octanol–water partition coefficient (Wildman–Crippen LogP) is 3.19. The van der Waals surface area contributed by atoms with Gasteiger partial charge in [-0.05, 0) is 36.6 Å². The number of nitrogens with zero attached hydrogens (tertiary/aromatic N) is 3. The van der Waals surface area contributed by atoms with Gasteiger partial charge in [0.2, 0.25) is 0 Å². The fourth-order valence-corrected chi connectivity index (χ4v) is 4.86. The van der Waals surface area contributed by atoms with Crippen LogP contribution in [0.2, 0.25) is 0 Å². The summed E-state index contributed by atoms with van der Waals surface area (Å²) in [5.41, 5.74) is 0.856. The van der Waals surface area contributed by atoms with Crippen molar-refractivity contribution < 1.29 is 12.8 Å². The summed E-state index contributed by atoms with van der Waals surface area (Å²) in [5.74, 6) is 0.629. The van der Waals surface area contributed by atoms with Gasteiger partial charge in [0.15, 0.2) is 0 Å². The molecule has 136 valence electrons. The Morgan fingerprint density at radius 1 is 1.16 bits per heavy atom. The first-order valence-corrected chi connectivity index (χ1v) is 10.1. The average Bonchev–Trinajstić information content (AvgIpc) is 3.15. The van der Waals surface area contributed by atoms with Crippen molar-refractivity contribution in [2.75, 3.05) is 7.05 Å². The largest absolute Gasteiger partial charge is 0.468 e. The first-order chi connectivity index (χ1) is 12.1. The number of furan rings is 1. The maximum Gasteiger partial charge on any atom is 0.282 e. The Balaban J connectivity index is 1.83. The van der Waals surface area contributed by atoms with Crippen molar-refractivity contribution in [3.05, 3.63) is 54.2 Å². The zero-order valence-electron chi connectivity index (χ0n) is 14.5. The van der Waals surface area contributed by atoms with Crippen molar-refractivity contribution in [3.8, 4) is 0 Å². The molecule has 0 bridgehead atoms. The third kappa shape index (κ3) is 4.48. The molecule has 2 aromatic rings. The molecule has 1 aliphatic rings. The van der Waals surface area contributed by atoms with E-state index in [1.54, 1.807) is 42.1 Å². The minimum atomic E-state index is -3.60. The summed E-state index contributed by atoms with van der Waals surface area (Å²) < 4.78 is 34.9. The Labute approximate surface area is 149 Å². The van der Waals surface area contributed by atoms with Crippen LogP contribution < -0.4 is 0 Å². The zero-order valence-corrected chi connectivity index (χ0v) is 15.4. The summed E-state index contributed by atoms with van der Waals surface area (Å²) in [5, 5.41) is 0. The van der Waals surface area contributed by atoms with Crippen LogP contribution in [-0.4, -0.2) is 35.1 Å². The summed E-state index contributed by atoms with van der Waals surface area (Å²) in [6.07, 6.45) is 10.2. The Bertz CT molecular complexity index is 741. The van der Waals surface area contributed by atoms with Gasteiger partial charge in [0.1, 0.15) is 5.76 Å². The zero-order chi connectivity index (χ0) is 17.7. The van der Waals surface area contributed by atoms with Gasteiger partial charge in [0.05, 0.1) is 12.8 Å². The van der Waals surface area contributed by atoms with E-state index in [-0.39, 0.29) is 19.1 Å². The Morgan fingerprint density at radius 2 is 1.96 bits per heavy atom. The molecule has 1 fully saturated rings. The molecule has 0 aliphatic heterocycles. The van der Waals surface area contributed by atoms with Crippen molar-refractivity contribution in [2.24, 2.45) is 0 Å². The number of hydrogen-bond acceptors (Lipinski definition) is 4. The molecule has 0 atom stereocenters. The van der Waals surface area contributed by atoms with Gasteiger partial charge < -0.3 is 4.42 Å². The van der Waals surface area contributed by atoms with E-state index in [9.17, 15) is 8.42 Å². The van der Waals surface area contributed by atoms with Crippen LogP contribution in [0, 0.1) is 0 Å². The highest BCUT2D eigenvalue weighted by Gasteiger charge is 2.33. The average molecular weight is 363 g/mol. The number of pyridine rings is 1. The molecule has 0 unspecified atom stereocenters. The van der Waals surface area contributed by atoms with Crippen molar-refractivity contribution in [3.63, 3.8) is 0 Å². The molecule has 7 heteroatoms. The molecule has 6 nitrogen and oxygen atoms in total. The van der Waals surface area contributed by atoms with Crippen molar-refractivity contribution in [1.82, 2.24) is 13.6 Å². The Hall–Kier alpha value is -1.70. The molecular weight excluding hydrogens is 338 g/mol. The van der Waals surface area contributed by atoms with E-state index in [2.05, 4.69) is 4.98 Å². The summed E-state index contributed by atoms with van der Waals surface area (Å²) in [4.78, 5) is 4.09. The number of rotatable bonds is 7. The van der Waals surface area contributed by atoms with Crippen LogP contribution in [0.15, 0.2) is 47.3 Å². The fourth-order valence-electron chi connectivity index (χ4n) is 3.31. The lowest BCUT2D eigenvalue weighted by molar-refractivity contribution is 0.254. The molecule has 0 spiro atoms. The lowest BCUT2D eigenvalue weighted by Gasteiger charge is -2.34. The normalized spacial score (nSPS) is 16.6. The van der Waals surface area contributed by atoms with Crippen LogP contribution in [0.1, 0.15) is 43.4 Å². The molecule has 0 aromatic carbocycles.